The number of carbonyl (C=O) groups is 2. The second-order valence-corrected chi connectivity index (χ2v) is 5.91. The maximum absolute atomic E-state index is 12.7. The fourth-order valence-electron chi connectivity index (χ4n) is 2.79. The molecule has 1 saturated heterocycles. The Hall–Kier alpha value is -2.32. The smallest absolute Gasteiger partial charge is 0.254 e. The molecule has 144 valence electrons. The van der Waals surface area contributed by atoms with Gasteiger partial charge in [0.1, 0.15) is 0 Å². The summed E-state index contributed by atoms with van der Waals surface area (Å²) in [4.78, 5) is 28.4. The molecule has 2 rings (SSSR count). The Balaban J connectivity index is 1.87. The van der Waals surface area contributed by atoms with Crippen LogP contribution in [0, 0.1) is 0 Å². The minimum absolute atomic E-state index is 0.0410. The van der Waals surface area contributed by atoms with Gasteiger partial charge in [0.05, 0.1) is 27.4 Å². The molecule has 8 heteroatoms. The van der Waals surface area contributed by atoms with Gasteiger partial charge in [-0.15, -0.1) is 0 Å². The van der Waals surface area contributed by atoms with E-state index in [9.17, 15) is 9.59 Å². The van der Waals surface area contributed by atoms with Gasteiger partial charge in [0.2, 0.25) is 5.91 Å². The molecule has 0 atom stereocenters. The fourth-order valence-corrected chi connectivity index (χ4v) is 2.79. The molecule has 1 aromatic rings. The van der Waals surface area contributed by atoms with Crippen LogP contribution in [0.4, 0.5) is 0 Å². The van der Waals surface area contributed by atoms with Gasteiger partial charge in [0.15, 0.2) is 11.5 Å². The van der Waals surface area contributed by atoms with Crippen molar-refractivity contribution >= 4 is 11.8 Å². The fraction of sp³-hybridized carbons (Fsp3) is 0.556. The molecule has 2 amide bonds. The maximum Gasteiger partial charge on any atom is 0.254 e. The molecule has 1 heterocycles. The SMILES string of the molecule is COCCNCC(=O)N1CCN(C(=O)c2ccc(OC)c(OC)c2)CC1. The highest BCUT2D eigenvalue weighted by Gasteiger charge is 2.25. The van der Waals surface area contributed by atoms with E-state index in [-0.39, 0.29) is 18.4 Å². The van der Waals surface area contributed by atoms with Gasteiger partial charge in [-0.05, 0) is 18.2 Å². The van der Waals surface area contributed by atoms with Crippen LogP contribution < -0.4 is 14.8 Å². The number of methoxy groups -OCH3 is 3. The quantitative estimate of drug-likeness (QED) is 0.664. The highest BCUT2D eigenvalue weighted by atomic mass is 16.5. The Morgan fingerprint density at radius 3 is 2.27 bits per heavy atom. The first kappa shape index (κ1) is 20.0. The summed E-state index contributed by atoms with van der Waals surface area (Å²) in [6.07, 6.45) is 0. The van der Waals surface area contributed by atoms with Crippen molar-refractivity contribution in [3.8, 4) is 11.5 Å². The topological polar surface area (TPSA) is 80.3 Å². The first-order valence-electron chi connectivity index (χ1n) is 8.59. The first-order valence-corrected chi connectivity index (χ1v) is 8.59. The summed E-state index contributed by atoms with van der Waals surface area (Å²) in [7, 11) is 4.72. The molecule has 0 aliphatic carbocycles. The number of nitrogens with one attached hydrogen (secondary N) is 1. The van der Waals surface area contributed by atoms with Gasteiger partial charge in [-0.1, -0.05) is 0 Å². The average Bonchev–Trinajstić information content (AvgIpc) is 2.70. The van der Waals surface area contributed by atoms with E-state index in [0.717, 1.165) is 0 Å². The second kappa shape index (κ2) is 9.98. The summed E-state index contributed by atoms with van der Waals surface area (Å²) in [6.45, 7) is 3.58. The molecule has 1 fully saturated rings. The predicted octanol–water partition coefficient (Wildman–Crippen LogP) is 0.224. The van der Waals surface area contributed by atoms with Crippen LogP contribution in [0.2, 0.25) is 0 Å². The van der Waals surface area contributed by atoms with Crippen molar-refractivity contribution in [3.05, 3.63) is 23.8 Å². The van der Waals surface area contributed by atoms with Gasteiger partial charge in [-0.25, -0.2) is 0 Å². The van der Waals surface area contributed by atoms with E-state index in [4.69, 9.17) is 14.2 Å². The van der Waals surface area contributed by atoms with E-state index in [1.807, 2.05) is 0 Å². The summed E-state index contributed by atoms with van der Waals surface area (Å²) >= 11 is 0. The number of nitrogens with zero attached hydrogens (tertiary/aromatic N) is 2. The van der Waals surface area contributed by atoms with Crippen molar-refractivity contribution in [2.45, 2.75) is 0 Å². The predicted molar refractivity (Wildman–Crippen MR) is 96.8 cm³/mol. The molecule has 1 aliphatic heterocycles. The Morgan fingerprint density at radius 1 is 1.00 bits per heavy atom. The lowest BCUT2D eigenvalue weighted by molar-refractivity contribution is -0.131. The minimum atomic E-state index is -0.0729. The molecule has 1 aromatic carbocycles. The van der Waals surface area contributed by atoms with Crippen LogP contribution >= 0.6 is 0 Å². The second-order valence-electron chi connectivity index (χ2n) is 5.91. The largest absolute Gasteiger partial charge is 0.493 e. The molecule has 8 nitrogen and oxygen atoms in total. The number of carbonyl (C=O) groups excluding carboxylic acids is 2. The third-order valence-corrected chi connectivity index (χ3v) is 4.31. The van der Waals surface area contributed by atoms with Gasteiger partial charge in [0.25, 0.3) is 5.91 Å². The molecule has 1 aliphatic rings. The third kappa shape index (κ3) is 5.09. The van der Waals surface area contributed by atoms with E-state index in [1.165, 1.54) is 7.11 Å². The van der Waals surface area contributed by atoms with Crippen LogP contribution in [-0.4, -0.2) is 88.8 Å². The Morgan fingerprint density at radius 2 is 1.65 bits per heavy atom. The average molecular weight is 365 g/mol. The number of rotatable bonds is 8. The molecule has 0 spiro atoms. The van der Waals surface area contributed by atoms with Crippen LogP contribution in [0.5, 0.6) is 11.5 Å². The Labute approximate surface area is 154 Å². The van der Waals surface area contributed by atoms with Crippen molar-refractivity contribution in [1.29, 1.82) is 0 Å². The lowest BCUT2D eigenvalue weighted by Gasteiger charge is -2.35. The van der Waals surface area contributed by atoms with E-state index >= 15 is 0 Å². The number of benzene rings is 1. The normalized spacial score (nSPS) is 14.3. The zero-order valence-electron chi connectivity index (χ0n) is 15.6. The summed E-state index contributed by atoms with van der Waals surface area (Å²) in [6, 6.07) is 5.12. The molecule has 1 N–H and O–H groups in total. The number of hydrogen-bond acceptors (Lipinski definition) is 6. The van der Waals surface area contributed by atoms with Crippen molar-refractivity contribution in [2.75, 3.05) is 67.2 Å². The number of ether oxygens (including phenoxy) is 3. The molecule has 0 radical (unpaired) electrons. The minimum Gasteiger partial charge on any atom is -0.493 e. The van der Waals surface area contributed by atoms with Crippen LogP contribution in [0.3, 0.4) is 0 Å². The van der Waals surface area contributed by atoms with Crippen molar-refractivity contribution in [2.24, 2.45) is 0 Å². The van der Waals surface area contributed by atoms with Gasteiger partial charge in [-0.2, -0.15) is 0 Å². The van der Waals surface area contributed by atoms with Crippen molar-refractivity contribution < 1.29 is 23.8 Å². The summed E-state index contributed by atoms with van der Waals surface area (Å²) in [5.74, 6) is 1.07. The van der Waals surface area contributed by atoms with E-state index in [2.05, 4.69) is 5.32 Å². The van der Waals surface area contributed by atoms with Crippen LogP contribution in [0.15, 0.2) is 18.2 Å². The molecule has 0 saturated carbocycles. The lowest BCUT2D eigenvalue weighted by atomic mass is 10.1. The van der Waals surface area contributed by atoms with Crippen LogP contribution in [0.1, 0.15) is 10.4 Å². The number of piperazine rings is 1. The van der Waals surface area contributed by atoms with Gasteiger partial charge < -0.3 is 29.3 Å². The maximum atomic E-state index is 12.7. The molecular formula is C18H27N3O5. The molecule has 0 bridgehead atoms. The van der Waals surface area contributed by atoms with Gasteiger partial charge in [-0.3, -0.25) is 9.59 Å². The van der Waals surface area contributed by atoms with Crippen molar-refractivity contribution in [1.82, 2.24) is 15.1 Å². The summed E-state index contributed by atoms with van der Waals surface area (Å²) in [5, 5.41) is 3.04. The summed E-state index contributed by atoms with van der Waals surface area (Å²) in [5.41, 5.74) is 0.545. The van der Waals surface area contributed by atoms with Gasteiger partial charge in [0, 0.05) is 45.4 Å². The highest BCUT2D eigenvalue weighted by molar-refractivity contribution is 5.95. The molecule has 0 aromatic heterocycles. The van der Waals surface area contributed by atoms with E-state index < -0.39 is 0 Å². The molecular weight excluding hydrogens is 338 g/mol. The Kier molecular flexibility index (Phi) is 7.68. The van der Waals surface area contributed by atoms with Gasteiger partial charge >= 0.3 is 0 Å². The summed E-state index contributed by atoms with van der Waals surface area (Å²) < 4.78 is 15.4. The zero-order chi connectivity index (χ0) is 18.9. The lowest BCUT2D eigenvalue weighted by Crippen LogP contribution is -2.52. The molecule has 26 heavy (non-hydrogen) atoms. The Bertz CT molecular complexity index is 615. The van der Waals surface area contributed by atoms with E-state index in [1.54, 1.807) is 42.2 Å². The monoisotopic (exact) mass is 365 g/mol. The first-order chi connectivity index (χ1) is 12.6. The highest BCUT2D eigenvalue weighted by Crippen LogP contribution is 2.28. The zero-order valence-corrected chi connectivity index (χ0v) is 15.6. The molecule has 0 unspecified atom stereocenters. The van der Waals surface area contributed by atoms with Crippen LogP contribution in [0.25, 0.3) is 0 Å². The third-order valence-electron chi connectivity index (χ3n) is 4.31. The van der Waals surface area contributed by atoms with Crippen LogP contribution in [-0.2, 0) is 9.53 Å². The van der Waals surface area contributed by atoms with E-state index in [0.29, 0.717) is 56.4 Å². The number of hydrogen-bond donors (Lipinski definition) is 1. The standard InChI is InChI=1S/C18H27N3O5/c1-24-11-6-19-13-17(22)20-7-9-21(10-8-20)18(23)14-4-5-15(25-2)16(12-14)26-3/h4-5,12,19H,6-11,13H2,1-3H3. The number of amides is 2. The van der Waals surface area contributed by atoms with Crippen molar-refractivity contribution in [3.63, 3.8) is 0 Å².